The summed E-state index contributed by atoms with van der Waals surface area (Å²) < 4.78 is 20.9. The van der Waals surface area contributed by atoms with Crippen LogP contribution >= 0.6 is 0 Å². The first-order valence-corrected chi connectivity index (χ1v) is 4.59. The van der Waals surface area contributed by atoms with Crippen molar-refractivity contribution in [2.75, 3.05) is 13.1 Å². The van der Waals surface area contributed by atoms with Crippen LogP contribution in [0, 0.1) is 0 Å². The summed E-state index contributed by atoms with van der Waals surface area (Å²) in [5.74, 6) is -0.386. The second-order valence-corrected chi connectivity index (χ2v) is 3.41. The highest BCUT2D eigenvalue weighted by Gasteiger charge is 2.27. The van der Waals surface area contributed by atoms with Crippen LogP contribution in [0.4, 0.5) is 0 Å². The molecule has 0 N–H and O–H groups in total. The van der Waals surface area contributed by atoms with Gasteiger partial charge >= 0.3 is 0 Å². The van der Waals surface area contributed by atoms with E-state index in [4.69, 9.17) is 0 Å². The van der Waals surface area contributed by atoms with E-state index < -0.39 is 10.3 Å². The Morgan fingerprint density at radius 3 is 2.67 bits per heavy atom. The molecule has 1 heterocycles. The highest BCUT2D eigenvalue weighted by molar-refractivity contribution is 7.74. The van der Waals surface area contributed by atoms with Crippen LogP contribution in [0.25, 0.3) is 0 Å². The van der Waals surface area contributed by atoms with Crippen LogP contribution in [0.5, 0.6) is 0 Å². The van der Waals surface area contributed by atoms with Crippen LogP contribution in [0.1, 0.15) is 6.42 Å². The summed E-state index contributed by atoms with van der Waals surface area (Å²) in [4.78, 5) is 12.6. The molecule has 0 unspecified atom stereocenters. The Hall–Kier alpha value is -1.10. The molecule has 5 heteroatoms. The van der Waals surface area contributed by atoms with Crippen molar-refractivity contribution >= 4 is 21.1 Å². The van der Waals surface area contributed by atoms with Crippen molar-refractivity contribution in [2.45, 2.75) is 6.42 Å². The van der Waals surface area contributed by atoms with Crippen molar-refractivity contribution in [2.24, 2.45) is 0 Å². The van der Waals surface area contributed by atoms with Gasteiger partial charge in [-0.15, -0.1) is 6.58 Å². The molecule has 0 aromatic rings. The Balaban J connectivity index is 2.89. The fourth-order valence-corrected chi connectivity index (χ4v) is 1.64. The Morgan fingerprint density at radius 1 is 1.58 bits per heavy atom. The van der Waals surface area contributed by atoms with Crippen LogP contribution in [-0.2, 0) is 15.1 Å². The second-order valence-electron chi connectivity index (χ2n) is 2.45. The smallest absolute Gasteiger partial charge is 0.265 e. The van der Waals surface area contributed by atoms with Crippen molar-refractivity contribution in [3.05, 3.63) is 12.7 Å². The summed E-state index contributed by atoms with van der Waals surface area (Å²) in [5, 5.41) is 0. The molecular formula is C7H9NO3S. The first-order valence-electron chi connectivity index (χ1n) is 3.52. The molecule has 0 aromatic carbocycles. The van der Waals surface area contributed by atoms with Gasteiger partial charge in [0.25, 0.3) is 5.91 Å². The third kappa shape index (κ3) is 1.55. The number of likely N-dealkylation sites (tertiary alicyclic amines) is 1. The van der Waals surface area contributed by atoms with E-state index in [-0.39, 0.29) is 10.8 Å². The van der Waals surface area contributed by atoms with Crippen LogP contribution in [-0.4, -0.2) is 37.2 Å². The topological polar surface area (TPSA) is 54.5 Å². The first kappa shape index (κ1) is 8.99. The molecule has 0 saturated carbocycles. The van der Waals surface area contributed by atoms with Crippen LogP contribution in [0.3, 0.4) is 0 Å². The Morgan fingerprint density at radius 2 is 2.25 bits per heavy atom. The lowest BCUT2D eigenvalue weighted by Crippen LogP contribution is -2.27. The standard InChI is InChI=1S/C7H9NO3S/c1-2-4-8-5-3-6(7(8)9)12(10)11/h2H,1,3-5H2. The molecule has 0 atom stereocenters. The van der Waals surface area contributed by atoms with Crippen molar-refractivity contribution < 1.29 is 13.2 Å². The zero-order valence-electron chi connectivity index (χ0n) is 6.49. The predicted octanol–water partition coefficient (Wildman–Crippen LogP) is -0.544. The van der Waals surface area contributed by atoms with E-state index in [0.717, 1.165) is 0 Å². The van der Waals surface area contributed by atoms with Gasteiger partial charge in [-0.25, -0.2) is 0 Å². The van der Waals surface area contributed by atoms with Gasteiger partial charge in [-0.3, -0.25) is 4.79 Å². The fourth-order valence-electron chi connectivity index (χ4n) is 1.11. The highest BCUT2D eigenvalue weighted by Crippen LogP contribution is 2.06. The number of carbonyl (C=O) groups excluding carboxylic acids is 1. The minimum atomic E-state index is -2.35. The summed E-state index contributed by atoms with van der Waals surface area (Å²) in [6.07, 6.45) is 1.90. The van der Waals surface area contributed by atoms with E-state index in [2.05, 4.69) is 6.58 Å². The van der Waals surface area contributed by atoms with Crippen LogP contribution < -0.4 is 0 Å². The van der Waals surface area contributed by atoms with Gasteiger partial charge in [0.05, 0.1) is 0 Å². The van der Waals surface area contributed by atoms with Gasteiger partial charge < -0.3 is 4.90 Å². The molecule has 1 saturated heterocycles. The Bertz CT molecular complexity index is 334. The minimum Gasteiger partial charge on any atom is -0.334 e. The zero-order valence-corrected chi connectivity index (χ0v) is 7.30. The summed E-state index contributed by atoms with van der Waals surface area (Å²) in [5.41, 5.74) is 0. The quantitative estimate of drug-likeness (QED) is 0.431. The average Bonchev–Trinajstić information content (AvgIpc) is 2.34. The van der Waals surface area contributed by atoms with E-state index in [1.807, 2.05) is 0 Å². The fraction of sp³-hybridized carbons (Fsp3) is 0.429. The van der Waals surface area contributed by atoms with E-state index in [0.29, 0.717) is 19.5 Å². The van der Waals surface area contributed by atoms with Gasteiger partial charge in [0.15, 0.2) is 0 Å². The molecule has 0 aromatic heterocycles. The van der Waals surface area contributed by atoms with Gasteiger partial charge in [0.1, 0.15) is 4.86 Å². The lowest BCUT2D eigenvalue weighted by atomic mass is 10.4. The maximum atomic E-state index is 11.2. The van der Waals surface area contributed by atoms with Crippen molar-refractivity contribution in [3.8, 4) is 0 Å². The maximum absolute atomic E-state index is 11.2. The molecule has 1 aliphatic rings. The molecule has 0 aliphatic carbocycles. The minimum absolute atomic E-state index is 0.0168. The summed E-state index contributed by atoms with van der Waals surface area (Å²) in [7, 11) is -2.35. The van der Waals surface area contributed by atoms with Gasteiger partial charge in [-0.2, -0.15) is 8.42 Å². The lowest BCUT2D eigenvalue weighted by molar-refractivity contribution is -0.121. The summed E-state index contributed by atoms with van der Waals surface area (Å²) in [6, 6.07) is 0. The van der Waals surface area contributed by atoms with Crippen molar-refractivity contribution in [1.82, 2.24) is 4.90 Å². The Kier molecular flexibility index (Phi) is 2.65. The summed E-state index contributed by atoms with van der Waals surface area (Å²) >= 11 is 0. The third-order valence-electron chi connectivity index (χ3n) is 1.69. The molecule has 0 radical (unpaired) electrons. The van der Waals surface area contributed by atoms with E-state index in [1.165, 1.54) is 4.90 Å². The van der Waals surface area contributed by atoms with Crippen LogP contribution in [0.15, 0.2) is 12.7 Å². The van der Waals surface area contributed by atoms with Gasteiger partial charge in [-0.1, -0.05) is 6.08 Å². The van der Waals surface area contributed by atoms with E-state index in [1.54, 1.807) is 6.08 Å². The molecule has 0 spiro atoms. The lowest BCUT2D eigenvalue weighted by Gasteiger charge is -2.10. The highest BCUT2D eigenvalue weighted by atomic mass is 32.2. The zero-order chi connectivity index (χ0) is 9.14. The van der Waals surface area contributed by atoms with Gasteiger partial charge in [-0.05, 0) is 0 Å². The average molecular weight is 187 g/mol. The van der Waals surface area contributed by atoms with E-state index >= 15 is 0 Å². The number of amides is 1. The largest absolute Gasteiger partial charge is 0.334 e. The van der Waals surface area contributed by atoms with Gasteiger partial charge in [0, 0.05) is 19.5 Å². The molecule has 1 amide bonds. The maximum Gasteiger partial charge on any atom is 0.265 e. The third-order valence-corrected chi connectivity index (χ3v) is 2.47. The monoisotopic (exact) mass is 187 g/mol. The number of carbonyl (C=O) groups is 1. The normalized spacial score (nSPS) is 16.8. The number of hydrogen-bond acceptors (Lipinski definition) is 3. The van der Waals surface area contributed by atoms with Crippen molar-refractivity contribution in [1.29, 1.82) is 0 Å². The number of hydrogen-bond donors (Lipinski definition) is 0. The molecule has 66 valence electrons. The molecule has 1 rings (SSSR count). The first-order chi connectivity index (χ1) is 5.66. The molecule has 12 heavy (non-hydrogen) atoms. The molecular weight excluding hydrogens is 178 g/mol. The molecule has 1 aliphatic heterocycles. The van der Waals surface area contributed by atoms with E-state index in [9.17, 15) is 13.2 Å². The van der Waals surface area contributed by atoms with Crippen molar-refractivity contribution in [3.63, 3.8) is 0 Å². The predicted molar refractivity (Wildman–Crippen MR) is 45.3 cm³/mol. The number of nitrogens with zero attached hydrogens (tertiary/aromatic N) is 1. The second kappa shape index (κ2) is 3.53. The van der Waals surface area contributed by atoms with Gasteiger partial charge in [0.2, 0.25) is 10.3 Å². The molecule has 4 nitrogen and oxygen atoms in total. The molecule has 1 fully saturated rings. The Labute approximate surface area is 72.0 Å². The number of rotatable bonds is 2. The SMILES string of the molecule is C=CCN1CCC(=S(=O)=O)C1=O. The summed E-state index contributed by atoms with van der Waals surface area (Å²) in [6.45, 7) is 4.37. The van der Waals surface area contributed by atoms with Crippen LogP contribution in [0.2, 0.25) is 0 Å². The molecule has 0 bridgehead atoms.